The summed E-state index contributed by atoms with van der Waals surface area (Å²) < 4.78 is 1.46. The fourth-order valence-electron chi connectivity index (χ4n) is 6.04. The SMILES string of the molecule is Cc1cnc(-c2cccnc2)nc1-c1cc2cnc(Nc3ccc(N4CCN(C)CC4)cc3)nc2n(CC(=O)N2CCCC2)c1=O. The molecular formula is C34H36N10O2. The second kappa shape index (κ2) is 12.6. The molecule has 0 bridgehead atoms. The third-order valence-electron chi connectivity index (χ3n) is 8.72. The number of piperazine rings is 1. The van der Waals surface area contributed by atoms with E-state index in [9.17, 15) is 9.59 Å². The number of benzene rings is 1. The number of nitrogens with zero attached hydrogens (tertiary/aromatic N) is 9. The van der Waals surface area contributed by atoms with Gasteiger partial charge in [-0.3, -0.25) is 19.1 Å². The molecule has 7 rings (SSSR count). The van der Waals surface area contributed by atoms with E-state index in [1.165, 1.54) is 10.3 Å². The van der Waals surface area contributed by atoms with Gasteiger partial charge in [-0.15, -0.1) is 0 Å². The Morgan fingerprint density at radius 1 is 0.913 bits per heavy atom. The summed E-state index contributed by atoms with van der Waals surface area (Å²) in [6.45, 7) is 7.18. The van der Waals surface area contributed by atoms with Gasteiger partial charge < -0.3 is 20.0 Å². The number of carbonyl (C=O) groups is 1. The van der Waals surface area contributed by atoms with Gasteiger partial charge in [0.1, 0.15) is 12.2 Å². The lowest BCUT2D eigenvalue weighted by atomic mass is 10.1. The third-order valence-corrected chi connectivity index (χ3v) is 8.72. The summed E-state index contributed by atoms with van der Waals surface area (Å²) in [6, 6.07) is 13.6. The fraction of sp³-hybridized carbons (Fsp3) is 0.324. The first kappa shape index (κ1) is 29.5. The highest BCUT2D eigenvalue weighted by molar-refractivity contribution is 5.84. The van der Waals surface area contributed by atoms with Gasteiger partial charge >= 0.3 is 0 Å². The molecule has 0 unspecified atom stereocenters. The molecule has 4 aromatic heterocycles. The van der Waals surface area contributed by atoms with Gasteiger partial charge in [-0.05, 0) is 74.8 Å². The monoisotopic (exact) mass is 616 g/mol. The highest BCUT2D eigenvalue weighted by atomic mass is 16.2. The Morgan fingerprint density at radius 3 is 2.43 bits per heavy atom. The number of fused-ring (bicyclic) bond motifs is 1. The van der Waals surface area contributed by atoms with Crippen molar-refractivity contribution in [3.05, 3.63) is 83.2 Å². The van der Waals surface area contributed by atoms with Gasteiger partial charge in [-0.2, -0.15) is 4.98 Å². The van der Waals surface area contributed by atoms with Gasteiger partial charge in [-0.25, -0.2) is 15.0 Å². The van der Waals surface area contributed by atoms with E-state index in [1.54, 1.807) is 30.9 Å². The predicted molar refractivity (Wildman–Crippen MR) is 178 cm³/mol. The summed E-state index contributed by atoms with van der Waals surface area (Å²) in [5, 5.41) is 3.91. The van der Waals surface area contributed by atoms with E-state index in [-0.39, 0.29) is 18.0 Å². The van der Waals surface area contributed by atoms with Crippen LogP contribution in [0, 0.1) is 6.92 Å². The standard InChI is InChI=1S/C34H36N10O2/c1-23-19-36-31(24-6-5-11-35-20-24)39-30(23)28-18-25-21-37-34(38-26-7-9-27(10-8-26)42-16-14-41(2)15-17-42)40-32(25)44(33(28)46)22-29(45)43-12-3-4-13-43/h5-11,18-21H,3-4,12-17,22H2,1-2H3,(H,37,38,40). The second-order valence-corrected chi connectivity index (χ2v) is 11.9. The van der Waals surface area contributed by atoms with Crippen LogP contribution in [0.2, 0.25) is 0 Å². The van der Waals surface area contributed by atoms with Crippen LogP contribution in [0.5, 0.6) is 0 Å². The molecule has 0 saturated carbocycles. The van der Waals surface area contributed by atoms with Crippen LogP contribution in [0.25, 0.3) is 33.7 Å². The molecule has 0 spiro atoms. The van der Waals surface area contributed by atoms with Crippen LogP contribution in [0.15, 0.2) is 72.0 Å². The zero-order valence-corrected chi connectivity index (χ0v) is 26.1. The minimum absolute atomic E-state index is 0.110. The molecule has 1 N–H and O–H groups in total. The van der Waals surface area contributed by atoms with Crippen molar-refractivity contribution >= 4 is 34.3 Å². The molecule has 1 amide bonds. The molecule has 5 aromatic rings. The smallest absolute Gasteiger partial charge is 0.262 e. The Balaban J connectivity index is 1.25. The molecule has 0 atom stereocenters. The first-order chi connectivity index (χ1) is 22.4. The fourth-order valence-corrected chi connectivity index (χ4v) is 6.04. The largest absolute Gasteiger partial charge is 0.369 e. The van der Waals surface area contributed by atoms with E-state index in [0.29, 0.717) is 47.2 Å². The van der Waals surface area contributed by atoms with Crippen molar-refractivity contribution in [3.63, 3.8) is 0 Å². The number of anilines is 3. The van der Waals surface area contributed by atoms with E-state index in [4.69, 9.17) is 9.97 Å². The Kier molecular flexibility index (Phi) is 8.10. The van der Waals surface area contributed by atoms with Crippen molar-refractivity contribution in [2.24, 2.45) is 0 Å². The van der Waals surface area contributed by atoms with E-state index in [1.807, 2.05) is 36.1 Å². The number of amides is 1. The van der Waals surface area contributed by atoms with Crippen LogP contribution < -0.4 is 15.8 Å². The first-order valence-corrected chi connectivity index (χ1v) is 15.7. The topological polar surface area (TPSA) is 125 Å². The third kappa shape index (κ3) is 6.03. The van der Waals surface area contributed by atoms with Crippen molar-refractivity contribution in [1.29, 1.82) is 0 Å². The number of likely N-dealkylation sites (N-methyl/N-ethyl adjacent to an activating group) is 1. The summed E-state index contributed by atoms with van der Waals surface area (Å²) in [6.07, 6.45) is 8.67. The van der Waals surface area contributed by atoms with E-state index in [2.05, 4.69) is 49.2 Å². The number of nitrogens with one attached hydrogen (secondary N) is 1. The highest BCUT2D eigenvalue weighted by Crippen LogP contribution is 2.26. The molecule has 12 heteroatoms. The Hall–Kier alpha value is -5.23. The molecule has 2 aliphatic heterocycles. The lowest BCUT2D eigenvalue weighted by Gasteiger charge is -2.34. The number of aromatic nitrogens is 6. The maximum Gasteiger partial charge on any atom is 0.262 e. The highest BCUT2D eigenvalue weighted by Gasteiger charge is 2.23. The number of carbonyl (C=O) groups excluding carboxylic acids is 1. The molecule has 0 aliphatic carbocycles. The average Bonchev–Trinajstić information content (AvgIpc) is 3.63. The van der Waals surface area contributed by atoms with E-state index < -0.39 is 0 Å². The molecule has 6 heterocycles. The quantitative estimate of drug-likeness (QED) is 0.289. The van der Waals surface area contributed by atoms with Crippen LogP contribution in [0.3, 0.4) is 0 Å². The summed E-state index contributed by atoms with van der Waals surface area (Å²) in [7, 11) is 2.15. The summed E-state index contributed by atoms with van der Waals surface area (Å²) in [4.78, 5) is 56.9. The number of rotatable bonds is 7. The molecular weight excluding hydrogens is 580 g/mol. The lowest BCUT2D eigenvalue weighted by molar-refractivity contribution is -0.130. The number of pyridine rings is 2. The second-order valence-electron chi connectivity index (χ2n) is 11.9. The van der Waals surface area contributed by atoms with Crippen molar-refractivity contribution in [2.45, 2.75) is 26.3 Å². The van der Waals surface area contributed by atoms with Crippen LogP contribution in [0.1, 0.15) is 18.4 Å². The van der Waals surface area contributed by atoms with Crippen molar-refractivity contribution < 1.29 is 4.79 Å². The maximum absolute atomic E-state index is 14.2. The number of hydrogen-bond acceptors (Lipinski definition) is 10. The van der Waals surface area contributed by atoms with Crippen LogP contribution in [-0.4, -0.2) is 91.5 Å². The normalized spacial score (nSPS) is 15.4. The molecule has 0 radical (unpaired) electrons. The van der Waals surface area contributed by atoms with Gasteiger partial charge in [0.2, 0.25) is 11.9 Å². The minimum atomic E-state index is -0.347. The van der Waals surface area contributed by atoms with Gasteiger partial charge in [0, 0.05) is 86.4 Å². The average molecular weight is 617 g/mol. The molecule has 46 heavy (non-hydrogen) atoms. The number of likely N-dealkylation sites (tertiary alicyclic amines) is 1. The molecule has 234 valence electrons. The number of aryl methyl sites for hydroxylation is 1. The first-order valence-electron chi connectivity index (χ1n) is 15.7. The summed E-state index contributed by atoms with van der Waals surface area (Å²) in [5.74, 6) is 0.690. The molecule has 12 nitrogen and oxygen atoms in total. The molecule has 1 aromatic carbocycles. The van der Waals surface area contributed by atoms with Crippen molar-refractivity contribution in [3.8, 4) is 22.6 Å². The minimum Gasteiger partial charge on any atom is -0.369 e. The van der Waals surface area contributed by atoms with Crippen LogP contribution in [-0.2, 0) is 11.3 Å². The van der Waals surface area contributed by atoms with E-state index in [0.717, 1.165) is 55.8 Å². The van der Waals surface area contributed by atoms with E-state index >= 15 is 0 Å². The van der Waals surface area contributed by atoms with Gasteiger partial charge in [0.25, 0.3) is 5.56 Å². The molecule has 2 aliphatic rings. The van der Waals surface area contributed by atoms with Crippen LogP contribution >= 0.6 is 0 Å². The van der Waals surface area contributed by atoms with Gasteiger partial charge in [0.05, 0.1) is 11.3 Å². The van der Waals surface area contributed by atoms with Gasteiger partial charge in [0.15, 0.2) is 5.82 Å². The Labute approximate surface area is 266 Å². The van der Waals surface area contributed by atoms with Crippen molar-refractivity contribution in [1.82, 2.24) is 39.3 Å². The number of hydrogen-bond donors (Lipinski definition) is 1. The summed E-state index contributed by atoms with van der Waals surface area (Å²) in [5.41, 5.74) is 4.36. The predicted octanol–water partition coefficient (Wildman–Crippen LogP) is 3.74. The molecule has 2 fully saturated rings. The maximum atomic E-state index is 14.2. The zero-order chi connectivity index (χ0) is 31.6. The van der Waals surface area contributed by atoms with Crippen molar-refractivity contribution in [2.75, 3.05) is 56.5 Å². The van der Waals surface area contributed by atoms with Crippen LogP contribution in [0.4, 0.5) is 17.3 Å². The zero-order valence-electron chi connectivity index (χ0n) is 26.1. The summed E-state index contributed by atoms with van der Waals surface area (Å²) >= 11 is 0. The van der Waals surface area contributed by atoms with Gasteiger partial charge in [-0.1, -0.05) is 0 Å². The Bertz CT molecular complexity index is 1930. The lowest BCUT2D eigenvalue weighted by Crippen LogP contribution is -2.44. The molecule has 2 saturated heterocycles. The Morgan fingerprint density at radius 2 is 1.70 bits per heavy atom.